The zero-order valence-electron chi connectivity index (χ0n) is 12.8. The van der Waals surface area contributed by atoms with Gasteiger partial charge < -0.3 is 5.32 Å². The van der Waals surface area contributed by atoms with Crippen LogP contribution in [0, 0.1) is 0 Å². The molecule has 6 heteroatoms. The van der Waals surface area contributed by atoms with Crippen molar-refractivity contribution in [1.29, 1.82) is 0 Å². The average molecular weight is 309 g/mol. The fourth-order valence-corrected chi connectivity index (χ4v) is 3.44. The third kappa shape index (κ3) is 4.82. The molecule has 5 nitrogen and oxygen atoms in total. The second-order valence-corrected chi connectivity index (χ2v) is 7.38. The van der Waals surface area contributed by atoms with Gasteiger partial charge in [-0.05, 0) is 51.6 Å². The van der Waals surface area contributed by atoms with Crippen LogP contribution >= 0.6 is 11.3 Å². The highest BCUT2D eigenvalue weighted by Crippen LogP contribution is 2.33. The van der Waals surface area contributed by atoms with Crippen LogP contribution < -0.4 is 10.6 Å². The maximum atomic E-state index is 12.0. The minimum Gasteiger partial charge on any atom is -0.333 e. The highest BCUT2D eigenvalue weighted by Gasteiger charge is 2.28. The van der Waals surface area contributed by atoms with Gasteiger partial charge in [-0.25, -0.2) is 4.79 Å². The standard InChI is InChI=1S/C15H23N3O2S/c1-15(2,3)17-14(20)16-13(19)10-18-8-4-6-11(18)12-7-5-9-21-12/h5,7,9,11H,4,6,8,10H2,1-3H3,(H2,16,17,19,20). The van der Waals surface area contributed by atoms with Crippen LogP contribution in [0.1, 0.15) is 44.5 Å². The van der Waals surface area contributed by atoms with Crippen molar-refractivity contribution in [3.05, 3.63) is 22.4 Å². The molecule has 1 saturated heterocycles. The smallest absolute Gasteiger partial charge is 0.321 e. The Labute approximate surface area is 129 Å². The molecule has 1 aliphatic heterocycles. The minimum absolute atomic E-state index is 0.250. The van der Waals surface area contributed by atoms with Crippen LogP contribution in [0.3, 0.4) is 0 Å². The van der Waals surface area contributed by atoms with E-state index < -0.39 is 6.03 Å². The quantitative estimate of drug-likeness (QED) is 0.902. The number of hydrogen-bond acceptors (Lipinski definition) is 4. The summed E-state index contributed by atoms with van der Waals surface area (Å²) in [5.41, 5.74) is -0.350. The summed E-state index contributed by atoms with van der Waals surface area (Å²) in [7, 11) is 0. The summed E-state index contributed by atoms with van der Waals surface area (Å²) in [5, 5.41) is 7.19. The highest BCUT2D eigenvalue weighted by molar-refractivity contribution is 7.10. The van der Waals surface area contributed by atoms with E-state index in [-0.39, 0.29) is 18.0 Å². The molecule has 1 aromatic heterocycles. The summed E-state index contributed by atoms with van der Waals surface area (Å²) in [4.78, 5) is 27.1. The van der Waals surface area contributed by atoms with Crippen LogP contribution in [-0.2, 0) is 4.79 Å². The van der Waals surface area contributed by atoms with Crippen molar-refractivity contribution in [2.45, 2.75) is 45.2 Å². The number of carbonyl (C=O) groups is 2. The molecule has 21 heavy (non-hydrogen) atoms. The number of carbonyl (C=O) groups excluding carboxylic acids is 2. The first-order chi connectivity index (χ1) is 9.85. The molecule has 0 spiro atoms. The molecule has 3 amide bonds. The van der Waals surface area contributed by atoms with Crippen molar-refractivity contribution < 1.29 is 9.59 Å². The van der Waals surface area contributed by atoms with Crippen LogP contribution in [0.15, 0.2) is 17.5 Å². The first-order valence-electron chi connectivity index (χ1n) is 7.24. The lowest BCUT2D eigenvalue weighted by Crippen LogP contribution is -2.50. The van der Waals surface area contributed by atoms with E-state index in [0.717, 1.165) is 19.4 Å². The van der Waals surface area contributed by atoms with E-state index in [9.17, 15) is 9.59 Å². The zero-order chi connectivity index (χ0) is 15.5. The van der Waals surface area contributed by atoms with Gasteiger partial charge >= 0.3 is 6.03 Å². The van der Waals surface area contributed by atoms with E-state index in [0.29, 0.717) is 6.04 Å². The van der Waals surface area contributed by atoms with Gasteiger partial charge in [-0.3, -0.25) is 15.0 Å². The summed E-state index contributed by atoms with van der Waals surface area (Å²) >= 11 is 1.72. The zero-order valence-corrected chi connectivity index (χ0v) is 13.6. The first-order valence-corrected chi connectivity index (χ1v) is 8.12. The topological polar surface area (TPSA) is 61.4 Å². The van der Waals surface area contributed by atoms with Gasteiger partial charge in [-0.1, -0.05) is 6.07 Å². The summed E-state index contributed by atoms with van der Waals surface area (Å²) < 4.78 is 0. The SMILES string of the molecule is CC(C)(C)NC(=O)NC(=O)CN1CCCC1c1cccs1. The summed E-state index contributed by atoms with van der Waals surface area (Å²) in [6.07, 6.45) is 2.16. The fraction of sp³-hybridized carbons (Fsp3) is 0.600. The third-order valence-electron chi connectivity index (χ3n) is 3.32. The second-order valence-electron chi connectivity index (χ2n) is 6.40. The first kappa shape index (κ1) is 16.0. The molecule has 1 aromatic rings. The largest absolute Gasteiger partial charge is 0.333 e. The molecule has 0 aromatic carbocycles. The van der Waals surface area contributed by atoms with Crippen LogP contribution in [-0.4, -0.2) is 35.5 Å². The summed E-state index contributed by atoms with van der Waals surface area (Å²) in [6.45, 7) is 6.80. The van der Waals surface area contributed by atoms with Crippen molar-refractivity contribution in [2.24, 2.45) is 0 Å². The van der Waals surface area contributed by atoms with Crippen molar-refractivity contribution in [3.63, 3.8) is 0 Å². The Hall–Kier alpha value is -1.40. The Bertz CT molecular complexity index is 494. The van der Waals surface area contributed by atoms with Crippen molar-refractivity contribution >= 4 is 23.3 Å². The number of urea groups is 1. The Balaban J connectivity index is 1.86. The number of thiophene rings is 1. The summed E-state index contributed by atoms with van der Waals surface area (Å²) in [5.74, 6) is -0.250. The molecule has 0 radical (unpaired) electrons. The van der Waals surface area contributed by atoms with Crippen molar-refractivity contribution in [1.82, 2.24) is 15.5 Å². The molecule has 116 valence electrons. The van der Waals surface area contributed by atoms with Gasteiger partial charge in [0.1, 0.15) is 0 Å². The molecule has 0 aliphatic carbocycles. The number of nitrogens with one attached hydrogen (secondary N) is 2. The third-order valence-corrected chi connectivity index (χ3v) is 4.30. The summed E-state index contributed by atoms with van der Waals surface area (Å²) in [6, 6.07) is 4.02. The lowest BCUT2D eigenvalue weighted by molar-refractivity contribution is -0.121. The molecule has 1 fully saturated rings. The number of amides is 3. The van der Waals surface area contributed by atoms with E-state index in [1.165, 1.54) is 4.88 Å². The van der Waals surface area contributed by atoms with Gasteiger partial charge in [0.2, 0.25) is 5.91 Å². The van der Waals surface area contributed by atoms with Crippen molar-refractivity contribution in [3.8, 4) is 0 Å². The van der Waals surface area contributed by atoms with Gasteiger partial charge in [-0.2, -0.15) is 0 Å². The molecule has 0 saturated carbocycles. The van der Waals surface area contributed by atoms with Crippen LogP contribution in [0.25, 0.3) is 0 Å². The predicted molar refractivity (Wildman–Crippen MR) is 84.3 cm³/mol. The van der Waals surface area contributed by atoms with E-state index in [4.69, 9.17) is 0 Å². The maximum Gasteiger partial charge on any atom is 0.321 e. The Morgan fingerprint density at radius 1 is 1.43 bits per heavy atom. The van der Waals surface area contributed by atoms with E-state index in [1.54, 1.807) is 11.3 Å². The van der Waals surface area contributed by atoms with E-state index in [2.05, 4.69) is 27.0 Å². The molecular weight excluding hydrogens is 286 g/mol. The normalized spacial score (nSPS) is 19.5. The lowest BCUT2D eigenvalue weighted by Gasteiger charge is -2.24. The van der Waals surface area contributed by atoms with Gasteiger partial charge in [0.05, 0.1) is 6.54 Å². The molecule has 0 bridgehead atoms. The average Bonchev–Trinajstić information content (AvgIpc) is 2.94. The van der Waals surface area contributed by atoms with E-state index in [1.807, 2.05) is 26.8 Å². The monoisotopic (exact) mass is 309 g/mol. The Morgan fingerprint density at radius 3 is 2.81 bits per heavy atom. The molecule has 1 unspecified atom stereocenters. The van der Waals surface area contributed by atoms with E-state index >= 15 is 0 Å². The lowest BCUT2D eigenvalue weighted by atomic mass is 10.1. The number of hydrogen-bond donors (Lipinski definition) is 2. The number of imide groups is 1. The molecule has 1 atom stereocenters. The van der Waals surface area contributed by atoms with Gasteiger partial charge in [0.15, 0.2) is 0 Å². The highest BCUT2D eigenvalue weighted by atomic mass is 32.1. The minimum atomic E-state index is -0.431. The molecular formula is C15H23N3O2S. The predicted octanol–water partition coefficient (Wildman–Crippen LogP) is 2.51. The number of nitrogens with zero attached hydrogens (tertiary/aromatic N) is 1. The van der Waals surface area contributed by atoms with Crippen LogP contribution in [0.5, 0.6) is 0 Å². The Kier molecular flexibility index (Phi) is 5.00. The van der Waals surface area contributed by atoms with Gasteiger partial charge in [0.25, 0.3) is 0 Å². The number of rotatable bonds is 3. The molecule has 2 heterocycles. The number of likely N-dealkylation sites (tertiary alicyclic amines) is 1. The van der Waals surface area contributed by atoms with Crippen LogP contribution in [0.4, 0.5) is 4.79 Å². The molecule has 2 rings (SSSR count). The maximum absolute atomic E-state index is 12.0. The molecule has 1 aliphatic rings. The Morgan fingerprint density at radius 2 is 2.19 bits per heavy atom. The van der Waals surface area contributed by atoms with Gasteiger partial charge in [0, 0.05) is 16.5 Å². The van der Waals surface area contributed by atoms with Gasteiger partial charge in [-0.15, -0.1) is 11.3 Å². The fourth-order valence-electron chi connectivity index (χ4n) is 2.54. The van der Waals surface area contributed by atoms with Crippen molar-refractivity contribution in [2.75, 3.05) is 13.1 Å². The molecule has 2 N–H and O–H groups in total. The second kappa shape index (κ2) is 6.58. The van der Waals surface area contributed by atoms with Crippen LogP contribution in [0.2, 0.25) is 0 Å².